The summed E-state index contributed by atoms with van der Waals surface area (Å²) < 4.78 is 1.89. The minimum absolute atomic E-state index is 0.131. The third-order valence-electron chi connectivity index (χ3n) is 4.90. The van der Waals surface area contributed by atoms with Gasteiger partial charge in [-0.15, -0.1) is 16.8 Å². The molecule has 1 aromatic heterocycles. The summed E-state index contributed by atoms with van der Waals surface area (Å²) in [5.74, 6) is 0.696. The molecule has 0 radical (unpaired) electrons. The van der Waals surface area contributed by atoms with Gasteiger partial charge in [0.05, 0.1) is 22.5 Å². The van der Waals surface area contributed by atoms with Crippen LogP contribution < -0.4 is 10.6 Å². The topological polar surface area (TPSA) is 88.9 Å². The number of hydrogen-bond acceptors (Lipinski definition) is 5. The molecule has 0 aliphatic heterocycles. The Labute approximate surface area is 209 Å². The summed E-state index contributed by atoms with van der Waals surface area (Å²) in [6.07, 6.45) is 2.43. The number of thioether (sulfide) groups is 1. The highest BCUT2D eigenvalue weighted by Crippen LogP contribution is 2.26. The number of nitrogens with one attached hydrogen (secondary N) is 2. The Kier molecular flexibility index (Phi) is 9.30. The van der Waals surface area contributed by atoms with E-state index in [2.05, 4.69) is 41.3 Å². The van der Waals surface area contributed by atoms with Crippen LogP contribution in [0.15, 0.2) is 72.4 Å². The first kappa shape index (κ1) is 25.5. The van der Waals surface area contributed by atoms with Crippen LogP contribution in [0.25, 0.3) is 0 Å². The average molecular weight is 498 g/mol. The summed E-state index contributed by atoms with van der Waals surface area (Å²) in [5, 5.41) is 15.7. The van der Waals surface area contributed by atoms with Crippen LogP contribution in [0.3, 0.4) is 0 Å². The number of carbonyl (C=O) groups is 2. The number of nitrogens with zero attached hydrogens (tertiary/aromatic N) is 3. The van der Waals surface area contributed by atoms with E-state index in [9.17, 15) is 9.59 Å². The molecular formula is C25H28ClN5O2S. The minimum atomic E-state index is -0.341. The van der Waals surface area contributed by atoms with Crippen molar-refractivity contribution in [2.75, 3.05) is 11.1 Å². The zero-order valence-electron chi connectivity index (χ0n) is 19.2. The SMILES string of the molecule is C=CCn1c(SCC(=O)Nc2ccccc2Cl)nnc1C(CC(C)C)NC(=O)c1ccccc1. The number of anilines is 1. The van der Waals surface area contributed by atoms with Gasteiger partial charge in [-0.1, -0.05) is 73.6 Å². The molecule has 2 N–H and O–H groups in total. The summed E-state index contributed by atoms with van der Waals surface area (Å²) in [6, 6.07) is 15.8. The first-order chi connectivity index (χ1) is 16.4. The van der Waals surface area contributed by atoms with Gasteiger partial charge in [-0.3, -0.25) is 9.59 Å². The van der Waals surface area contributed by atoms with Crippen LogP contribution >= 0.6 is 23.4 Å². The lowest BCUT2D eigenvalue weighted by Gasteiger charge is -2.21. The molecule has 9 heteroatoms. The van der Waals surface area contributed by atoms with Gasteiger partial charge in [-0.2, -0.15) is 0 Å². The molecule has 0 saturated carbocycles. The number of carbonyl (C=O) groups excluding carboxylic acids is 2. The maximum absolute atomic E-state index is 12.8. The molecule has 34 heavy (non-hydrogen) atoms. The molecule has 0 aliphatic carbocycles. The average Bonchev–Trinajstić information content (AvgIpc) is 3.22. The third kappa shape index (κ3) is 6.95. The van der Waals surface area contributed by atoms with Gasteiger partial charge in [-0.25, -0.2) is 0 Å². The fourth-order valence-electron chi connectivity index (χ4n) is 3.38. The molecule has 1 unspecified atom stereocenters. The maximum atomic E-state index is 12.8. The van der Waals surface area contributed by atoms with Gasteiger partial charge in [0.2, 0.25) is 5.91 Å². The lowest BCUT2D eigenvalue weighted by Crippen LogP contribution is -2.31. The van der Waals surface area contributed by atoms with Gasteiger partial charge >= 0.3 is 0 Å². The van der Waals surface area contributed by atoms with E-state index in [0.717, 1.165) is 0 Å². The molecule has 178 valence electrons. The first-order valence-corrected chi connectivity index (χ1v) is 12.3. The second-order valence-corrected chi connectivity index (χ2v) is 9.43. The van der Waals surface area contributed by atoms with Crippen LogP contribution in [-0.4, -0.2) is 32.3 Å². The Morgan fingerprint density at radius 1 is 1.12 bits per heavy atom. The van der Waals surface area contributed by atoms with Gasteiger partial charge in [0.25, 0.3) is 5.91 Å². The van der Waals surface area contributed by atoms with E-state index in [4.69, 9.17) is 11.6 Å². The second-order valence-electron chi connectivity index (χ2n) is 8.08. The molecule has 0 aliphatic rings. The molecule has 1 heterocycles. The number of halogens is 1. The highest BCUT2D eigenvalue weighted by Gasteiger charge is 2.24. The number of hydrogen-bond donors (Lipinski definition) is 2. The zero-order valence-corrected chi connectivity index (χ0v) is 20.8. The van der Waals surface area contributed by atoms with Gasteiger partial charge in [0.15, 0.2) is 11.0 Å². The Morgan fingerprint density at radius 3 is 2.50 bits per heavy atom. The van der Waals surface area contributed by atoms with E-state index < -0.39 is 0 Å². The standard InChI is InChI=1S/C25H28ClN5O2S/c1-4-14-31-23(21(15-17(2)3)28-24(33)18-10-6-5-7-11-18)29-30-25(31)34-16-22(32)27-20-13-9-8-12-19(20)26/h4-13,17,21H,1,14-16H2,2-3H3,(H,27,32)(H,28,33). The minimum Gasteiger partial charge on any atom is -0.342 e. The fraction of sp³-hybridized carbons (Fsp3) is 0.280. The van der Waals surface area contributed by atoms with Crippen molar-refractivity contribution in [1.82, 2.24) is 20.1 Å². The van der Waals surface area contributed by atoms with Gasteiger partial charge in [0.1, 0.15) is 0 Å². The Hall–Kier alpha value is -3.10. The molecule has 3 aromatic rings. The molecular weight excluding hydrogens is 470 g/mol. The smallest absolute Gasteiger partial charge is 0.251 e. The molecule has 1 atom stereocenters. The van der Waals surface area contributed by atoms with Crippen molar-refractivity contribution in [3.8, 4) is 0 Å². The van der Waals surface area contributed by atoms with Crippen LogP contribution in [0.1, 0.15) is 42.5 Å². The van der Waals surface area contributed by atoms with Crippen LogP contribution in [0.5, 0.6) is 0 Å². The van der Waals surface area contributed by atoms with Crippen LogP contribution in [0.2, 0.25) is 5.02 Å². The van der Waals surface area contributed by atoms with Crippen molar-refractivity contribution >= 4 is 40.9 Å². The normalized spacial score (nSPS) is 11.8. The van der Waals surface area contributed by atoms with Crippen molar-refractivity contribution in [3.05, 3.63) is 83.7 Å². The molecule has 2 aromatic carbocycles. The highest BCUT2D eigenvalue weighted by molar-refractivity contribution is 7.99. The van der Waals surface area contributed by atoms with E-state index >= 15 is 0 Å². The number of allylic oxidation sites excluding steroid dienone is 1. The van der Waals surface area contributed by atoms with Gasteiger partial charge in [-0.05, 0) is 36.6 Å². The zero-order chi connectivity index (χ0) is 24.5. The van der Waals surface area contributed by atoms with Crippen molar-refractivity contribution in [3.63, 3.8) is 0 Å². The summed E-state index contributed by atoms with van der Waals surface area (Å²) >= 11 is 7.39. The second kappa shape index (κ2) is 12.4. The fourth-order valence-corrected chi connectivity index (χ4v) is 4.31. The van der Waals surface area contributed by atoms with Gasteiger partial charge in [0, 0.05) is 12.1 Å². The van der Waals surface area contributed by atoms with E-state index in [0.29, 0.717) is 46.1 Å². The number of amides is 2. The van der Waals surface area contributed by atoms with Crippen molar-refractivity contribution < 1.29 is 9.59 Å². The summed E-state index contributed by atoms with van der Waals surface area (Å²) in [6.45, 7) is 8.47. The third-order valence-corrected chi connectivity index (χ3v) is 6.19. The molecule has 0 spiro atoms. The summed E-state index contributed by atoms with van der Waals surface area (Å²) in [7, 11) is 0. The highest BCUT2D eigenvalue weighted by atomic mass is 35.5. The molecule has 0 fully saturated rings. The predicted molar refractivity (Wildman–Crippen MR) is 137 cm³/mol. The number of para-hydroxylation sites is 1. The molecule has 7 nitrogen and oxygen atoms in total. The predicted octanol–water partition coefficient (Wildman–Crippen LogP) is 5.37. The van der Waals surface area contributed by atoms with E-state index in [1.54, 1.807) is 42.5 Å². The molecule has 0 saturated heterocycles. The van der Waals surface area contributed by atoms with Crippen LogP contribution in [0, 0.1) is 5.92 Å². The molecule has 2 amide bonds. The lowest BCUT2D eigenvalue weighted by atomic mass is 10.0. The van der Waals surface area contributed by atoms with E-state index in [1.807, 2.05) is 22.8 Å². The quantitative estimate of drug-likeness (QED) is 0.275. The van der Waals surface area contributed by atoms with E-state index in [-0.39, 0.29) is 23.6 Å². The Bertz CT molecular complexity index is 1130. The largest absolute Gasteiger partial charge is 0.342 e. The van der Waals surface area contributed by atoms with E-state index in [1.165, 1.54) is 11.8 Å². The lowest BCUT2D eigenvalue weighted by molar-refractivity contribution is -0.113. The number of aromatic nitrogens is 3. The molecule has 0 bridgehead atoms. The van der Waals surface area contributed by atoms with Crippen molar-refractivity contribution in [2.24, 2.45) is 5.92 Å². The summed E-state index contributed by atoms with van der Waals surface area (Å²) in [4.78, 5) is 25.3. The summed E-state index contributed by atoms with van der Waals surface area (Å²) in [5.41, 5.74) is 1.14. The maximum Gasteiger partial charge on any atom is 0.251 e. The molecule has 3 rings (SSSR count). The number of rotatable bonds is 11. The Morgan fingerprint density at radius 2 is 1.82 bits per heavy atom. The van der Waals surface area contributed by atoms with Crippen molar-refractivity contribution in [2.45, 2.75) is 38.0 Å². The van der Waals surface area contributed by atoms with Crippen LogP contribution in [-0.2, 0) is 11.3 Å². The Balaban J connectivity index is 1.76. The first-order valence-electron chi connectivity index (χ1n) is 11.0. The van der Waals surface area contributed by atoms with Crippen molar-refractivity contribution in [1.29, 1.82) is 0 Å². The van der Waals surface area contributed by atoms with Crippen LogP contribution in [0.4, 0.5) is 5.69 Å². The number of benzene rings is 2. The monoisotopic (exact) mass is 497 g/mol. The van der Waals surface area contributed by atoms with Gasteiger partial charge < -0.3 is 15.2 Å².